The van der Waals surface area contributed by atoms with Crippen LogP contribution >= 0.6 is 0 Å². The van der Waals surface area contributed by atoms with Crippen LogP contribution in [0.3, 0.4) is 0 Å². The van der Waals surface area contributed by atoms with E-state index in [1.807, 2.05) is 67.2 Å². The van der Waals surface area contributed by atoms with E-state index in [0.717, 1.165) is 0 Å². The lowest BCUT2D eigenvalue weighted by Gasteiger charge is -2.11. The molecule has 0 spiro atoms. The van der Waals surface area contributed by atoms with Crippen LogP contribution in [0.2, 0.25) is 0 Å². The van der Waals surface area contributed by atoms with Gasteiger partial charge in [-0.25, -0.2) is 0 Å². The van der Waals surface area contributed by atoms with Crippen molar-refractivity contribution in [3.8, 4) is 5.75 Å². The third-order valence-corrected chi connectivity index (χ3v) is 3.21. The molecule has 0 bridgehead atoms. The minimum atomic E-state index is -0.291. The van der Waals surface area contributed by atoms with E-state index in [1.54, 1.807) is 7.11 Å². The number of benzene rings is 1. The molecule has 1 aromatic heterocycles. The number of carbonyl (C=O) groups is 1. The SMILES string of the molecule is COc1ccccc1NC(=O)[C@@H](C)[n+]1ccc(C)cc1. The first-order valence-electron chi connectivity index (χ1n) is 6.53. The molecule has 0 aliphatic heterocycles. The summed E-state index contributed by atoms with van der Waals surface area (Å²) >= 11 is 0. The number of hydrogen-bond acceptors (Lipinski definition) is 2. The molecule has 1 heterocycles. The van der Waals surface area contributed by atoms with Crippen LogP contribution in [-0.2, 0) is 4.79 Å². The Morgan fingerprint density at radius 1 is 1.20 bits per heavy atom. The summed E-state index contributed by atoms with van der Waals surface area (Å²) in [5.41, 5.74) is 1.85. The molecule has 104 valence electrons. The van der Waals surface area contributed by atoms with Gasteiger partial charge in [0.15, 0.2) is 12.4 Å². The highest BCUT2D eigenvalue weighted by Crippen LogP contribution is 2.23. The fourth-order valence-electron chi connectivity index (χ4n) is 1.89. The minimum absolute atomic E-state index is 0.0802. The summed E-state index contributed by atoms with van der Waals surface area (Å²) in [4.78, 5) is 12.3. The highest BCUT2D eigenvalue weighted by Gasteiger charge is 2.22. The average molecular weight is 271 g/mol. The molecule has 4 nitrogen and oxygen atoms in total. The molecule has 4 heteroatoms. The predicted molar refractivity (Wildman–Crippen MR) is 77.7 cm³/mol. The summed E-state index contributed by atoms with van der Waals surface area (Å²) in [6.07, 6.45) is 3.81. The second-order valence-electron chi connectivity index (χ2n) is 4.69. The first-order chi connectivity index (χ1) is 9.61. The molecule has 1 amide bonds. The molecule has 1 atom stereocenters. The standard InChI is InChI=1S/C16H18N2O2/c1-12-8-10-18(11-9-12)13(2)16(19)17-14-6-4-5-7-15(14)20-3/h4-11,13H,1-3H3/p+1/t13-/m1/s1. The monoisotopic (exact) mass is 271 g/mol. The number of pyridine rings is 1. The van der Waals surface area contributed by atoms with E-state index in [0.29, 0.717) is 11.4 Å². The maximum Gasteiger partial charge on any atom is 0.293 e. The van der Waals surface area contributed by atoms with Crippen molar-refractivity contribution in [2.24, 2.45) is 0 Å². The van der Waals surface area contributed by atoms with Gasteiger partial charge in [0.05, 0.1) is 12.8 Å². The molecule has 0 aliphatic rings. The van der Waals surface area contributed by atoms with E-state index in [2.05, 4.69) is 5.32 Å². The number of nitrogens with zero attached hydrogens (tertiary/aromatic N) is 1. The first-order valence-corrected chi connectivity index (χ1v) is 6.53. The first kappa shape index (κ1) is 14.1. The molecule has 0 saturated carbocycles. The lowest BCUT2D eigenvalue weighted by molar-refractivity contribution is -0.705. The van der Waals surface area contributed by atoms with Gasteiger partial charge in [0, 0.05) is 19.1 Å². The number of rotatable bonds is 4. The second kappa shape index (κ2) is 6.19. The van der Waals surface area contributed by atoms with Crippen LogP contribution in [0.15, 0.2) is 48.8 Å². The Morgan fingerprint density at radius 3 is 2.50 bits per heavy atom. The molecular weight excluding hydrogens is 252 g/mol. The van der Waals surface area contributed by atoms with Crippen molar-refractivity contribution >= 4 is 11.6 Å². The van der Waals surface area contributed by atoms with Crippen molar-refractivity contribution in [3.63, 3.8) is 0 Å². The summed E-state index contributed by atoms with van der Waals surface area (Å²) in [5, 5.41) is 2.89. The van der Waals surface area contributed by atoms with E-state index in [-0.39, 0.29) is 11.9 Å². The molecule has 2 rings (SSSR count). The van der Waals surface area contributed by atoms with Gasteiger partial charge in [0.1, 0.15) is 5.75 Å². The Balaban J connectivity index is 2.13. The topological polar surface area (TPSA) is 42.2 Å². The Kier molecular flexibility index (Phi) is 4.35. The number of para-hydroxylation sites is 2. The van der Waals surface area contributed by atoms with Gasteiger partial charge in [-0.15, -0.1) is 0 Å². The van der Waals surface area contributed by atoms with Crippen LogP contribution in [0.4, 0.5) is 5.69 Å². The minimum Gasteiger partial charge on any atom is -0.495 e. The molecule has 0 unspecified atom stereocenters. The molecular formula is C16H19N2O2+. The third kappa shape index (κ3) is 3.15. The Hall–Kier alpha value is -2.36. The summed E-state index contributed by atoms with van der Waals surface area (Å²) in [5.74, 6) is 0.574. The van der Waals surface area contributed by atoms with E-state index >= 15 is 0 Å². The Morgan fingerprint density at radius 2 is 1.85 bits per heavy atom. The third-order valence-electron chi connectivity index (χ3n) is 3.21. The van der Waals surface area contributed by atoms with E-state index in [9.17, 15) is 4.79 Å². The van der Waals surface area contributed by atoms with E-state index < -0.39 is 0 Å². The van der Waals surface area contributed by atoms with Crippen LogP contribution < -0.4 is 14.6 Å². The number of hydrogen-bond donors (Lipinski definition) is 1. The zero-order valence-corrected chi connectivity index (χ0v) is 12.0. The zero-order valence-electron chi connectivity index (χ0n) is 12.0. The molecule has 1 N–H and O–H groups in total. The molecule has 0 radical (unpaired) electrons. The van der Waals surface area contributed by atoms with Gasteiger partial charge < -0.3 is 10.1 Å². The smallest absolute Gasteiger partial charge is 0.293 e. The van der Waals surface area contributed by atoms with Gasteiger partial charge >= 0.3 is 0 Å². The highest BCUT2D eigenvalue weighted by atomic mass is 16.5. The fourth-order valence-corrected chi connectivity index (χ4v) is 1.89. The summed E-state index contributed by atoms with van der Waals surface area (Å²) in [6.45, 7) is 3.88. The average Bonchev–Trinajstić information content (AvgIpc) is 2.48. The van der Waals surface area contributed by atoms with Crippen molar-refractivity contribution in [2.75, 3.05) is 12.4 Å². The van der Waals surface area contributed by atoms with Gasteiger partial charge in [0.2, 0.25) is 6.04 Å². The van der Waals surface area contributed by atoms with Crippen molar-refractivity contribution in [1.82, 2.24) is 0 Å². The van der Waals surface area contributed by atoms with Crippen LogP contribution in [0.5, 0.6) is 5.75 Å². The van der Waals surface area contributed by atoms with Gasteiger partial charge in [-0.1, -0.05) is 12.1 Å². The number of carbonyl (C=O) groups excluding carboxylic acids is 1. The maximum atomic E-state index is 12.3. The lowest BCUT2D eigenvalue weighted by atomic mass is 10.2. The maximum absolute atomic E-state index is 12.3. The number of amides is 1. The van der Waals surface area contributed by atoms with Crippen LogP contribution in [0.1, 0.15) is 18.5 Å². The quantitative estimate of drug-likeness (QED) is 0.868. The predicted octanol–water partition coefficient (Wildman–Crippen LogP) is 2.49. The largest absolute Gasteiger partial charge is 0.495 e. The van der Waals surface area contributed by atoms with Crippen LogP contribution in [-0.4, -0.2) is 13.0 Å². The molecule has 20 heavy (non-hydrogen) atoms. The van der Waals surface area contributed by atoms with Crippen molar-refractivity contribution in [3.05, 3.63) is 54.4 Å². The normalized spacial score (nSPS) is 11.8. The fraction of sp³-hybridized carbons (Fsp3) is 0.250. The number of ether oxygens (including phenoxy) is 1. The van der Waals surface area contributed by atoms with Gasteiger partial charge in [0.25, 0.3) is 5.91 Å². The van der Waals surface area contributed by atoms with E-state index in [1.165, 1.54) is 5.56 Å². The summed E-state index contributed by atoms with van der Waals surface area (Å²) < 4.78 is 7.10. The Labute approximate surface area is 119 Å². The van der Waals surface area contributed by atoms with Crippen molar-refractivity contribution in [1.29, 1.82) is 0 Å². The summed E-state index contributed by atoms with van der Waals surface area (Å²) in [7, 11) is 1.59. The van der Waals surface area contributed by atoms with Crippen molar-refractivity contribution in [2.45, 2.75) is 19.9 Å². The van der Waals surface area contributed by atoms with Gasteiger partial charge in [-0.3, -0.25) is 4.79 Å². The summed E-state index contributed by atoms with van der Waals surface area (Å²) in [6, 6.07) is 11.0. The van der Waals surface area contributed by atoms with E-state index in [4.69, 9.17) is 4.74 Å². The Bertz CT molecular complexity index is 594. The highest BCUT2D eigenvalue weighted by molar-refractivity contribution is 5.93. The lowest BCUT2D eigenvalue weighted by Crippen LogP contribution is -2.44. The number of methoxy groups -OCH3 is 1. The van der Waals surface area contributed by atoms with Gasteiger partial charge in [-0.2, -0.15) is 4.57 Å². The molecule has 0 aliphatic carbocycles. The van der Waals surface area contributed by atoms with Gasteiger partial charge in [-0.05, 0) is 24.6 Å². The van der Waals surface area contributed by atoms with Crippen LogP contribution in [0, 0.1) is 6.92 Å². The van der Waals surface area contributed by atoms with Crippen LogP contribution in [0.25, 0.3) is 0 Å². The van der Waals surface area contributed by atoms with Crippen molar-refractivity contribution < 1.29 is 14.1 Å². The number of aryl methyl sites for hydroxylation is 1. The number of anilines is 1. The zero-order chi connectivity index (χ0) is 14.5. The molecule has 2 aromatic rings. The molecule has 0 fully saturated rings. The second-order valence-corrected chi connectivity index (χ2v) is 4.69. The number of aromatic nitrogens is 1. The molecule has 1 aromatic carbocycles. The number of nitrogens with one attached hydrogen (secondary N) is 1. The molecule has 0 saturated heterocycles.